The fraction of sp³-hybridized carbons (Fsp3) is 0.800. The van der Waals surface area contributed by atoms with Gasteiger partial charge in [-0.1, -0.05) is 0 Å². The highest BCUT2D eigenvalue weighted by Gasteiger charge is 2.35. The average molecular weight is 307 g/mol. The van der Waals surface area contributed by atoms with Gasteiger partial charge < -0.3 is 19.9 Å². The maximum absolute atomic E-state index is 12.7. The molecule has 1 saturated carbocycles. The van der Waals surface area contributed by atoms with Crippen molar-refractivity contribution < 1.29 is 9.53 Å². The van der Waals surface area contributed by atoms with Crippen LogP contribution in [0.5, 0.6) is 0 Å². The summed E-state index contributed by atoms with van der Waals surface area (Å²) < 4.78 is 7.41. The average Bonchev–Trinajstić information content (AvgIpc) is 3.09. The number of ether oxygens (including phenoxy) is 1. The molecular formula is C15H25N5O2. The smallest absolute Gasteiger partial charge is 0.225 e. The Balaban J connectivity index is 1.52. The molecule has 2 fully saturated rings. The molecule has 1 saturated heterocycles. The van der Waals surface area contributed by atoms with E-state index >= 15 is 0 Å². The quantitative estimate of drug-likeness (QED) is 0.883. The number of carbonyl (C=O) groups excluding carboxylic acids is 1. The Labute approximate surface area is 130 Å². The predicted octanol–water partition coefficient (Wildman–Crippen LogP) is 0.584. The largest absolute Gasteiger partial charge is 0.380 e. The van der Waals surface area contributed by atoms with Crippen LogP contribution in [0.1, 0.15) is 38.1 Å². The van der Waals surface area contributed by atoms with Crippen LogP contribution >= 0.6 is 0 Å². The number of carbonyl (C=O) groups is 1. The summed E-state index contributed by atoms with van der Waals surface area (Å²) in [6.45, 7) is 1.61. The summed E-state index contributed by atoms with van der Waals surface area (Å²) in [5.41, 5.74) is 6.12. The normalized spacial score (nSPS) is 30.5. The molecule has 1 aliphatic heterocycles. The number of piperidine rings is 1. The van der Waals surface area contributed by atoms with E-state index in [2.05, 4.69) is 10.2 Å². The molecule has 1 amide bonds. The number of likely N-dealkylation sites (tertiary alicyclic amines) is 1. The van der Waals surface area contributed by atoms with Gasteiger partial charge in [0.15, 0.2) is 0 Å². The number of amides is 1. The molecule has 0 unspecified atom stereocenters. The van der Waals surface area contributed by atoms with Crippen molar-refractivity contribution in [2.75, 3.05) is 20.2 Å². The van der Waals surface area contributed by atoms with Crippen molar-refractivity contribution in [2.45, 2.75) is 50.3 Å². The monoisotopic (exact) mass is 307 g/mol. The summed E-state index contributed by atoms with van der Waals surface area (Å²) in [6.07, 6.45) is 8.04. The van der Waals surface area contributed by atoms with Crippen LogP contribution in [0.2, 0.25) is 0 Å². The number of hydrogen-bond donors (Lipinski definition) is 1. The van der Waals surface area contributed by atoms with Crippen LogP contribution in [-0.4, -0.2) is 57.9 Å². The van der Waals surface area contributed by atoms with Crippen molar-refractivity contribution >= 4 is 5.91 Å². The molecule has 0 radical (unpaired) electrons. The molecule has 1 aromatic heterocycles. The van der Waals surface area contributed by atoms with Crippen LogP contribution in [0.15, 0.2) is 12.7 Å². The third-order valence-corrected chi connectivity index (χ3v) is 5.12. The van der Waals surface area contributed by atoms with Crippen LogP contribution in [0, 0.1) is 5.92 Å². The van der Waals surface area contributed by atoms with Crippen LogP contribution in [0.25, 0.3) is 0 Å². The molecule has 3 atom stereocenters. The fourth-order valence-electron chi connectivity index (χ4n) is 3.73. The van der Waals surface area contributed by atoms with Gasteiger partial charge in [0.05, 0.1) is 6.10 Å². The fourth-order valence-corrected chi connectivity index (χ4v) is 3.73. The summed E-state index contributed by atoms with van der Waals surface area (Å²) >= 11 is 0. The standard InChI is InChI=1S/C15H25N5O2/c1-22-14-3-2-11(8-13(14)16)15(21)19-6-4-12(5-7-19)20-9-17-18-10-20/h9-14H,2-8,16H2,1H3/t11-,13+,14+/m0/s1. The minimum atomic E-state index is -0.0257. The molecule has 2 heterocycles. The molecule has 3 rings (SSSR count). The van der Waals surface area contributed by atoms with E-state index in [1.807, 2.05) is 9.47 Å². The number of rotatable bonds is 3. The Hall–Kier alpha value is -1.47. The minimum Gasteiger partial charge on any atom is -0.380 e. The second-order valence-corrected chi connectivity index (χ2v) is 6.41. The first kappa shape index (κ1) is 15.4. The molecule has 22 heavy (non-hydrogen) atoms. The summed E-state index contributed by atoms with van der Waals surface area (Å²) in [5.74, 6) is 0.333. The lowest BCUT2D eigenvalue weighted by molar-refractivity contribution is -0.139. The van der Waals surface area contributed by atoms with Gasteiger partial charge in [0.25, 0.3) is 0 Å². The molecule has 7 nitrogen and oxygen atoms in total. The molecule has 0 spiro atoms. The lowest BCUT2D eigenvalue weighted by Gasteiger charge is -2.38. The Bertz CT molecular complexity index is 484. The third kappa shape index (κ3) is 3.15. The molecule has 7 heteroatoms. The Morgan fingerprint density at radius 1 is 1.18 bits per heavy atom. The highest BCUT2D eigenvalue weighted by atomic mass is 16.5. The summed E-state index contributed by atoms with van der Waals surface area (Å²) in [6, 6.07) is 0.382. The molecule has 1 aromatic rings. The minimum absolute atomic E-state index is 0.0257. The molecule has 0 bridgehead atoms. The van der Waals surface area contributed by atoms with Gasteiger partial charge in [-0.15, -0.1) is 10.2 Å². The van der Waals surface area contributed by atoms with Gasteiger partial charge in [-0.2, -0.15) is 0 Å². The lowest BCUT2D eigenvalue weighted by Crippen LogP contribution is -2.48. The lowest BCUT2D eigenvalue weighted by atomic mass is 9.83. The molecular weight excluding hydrogens is 282 g/mol. The van der Waals surface area contributed by atoms with Crippen LogP contribution in [0.3, 0.4) is 0 Å². The highest BCUT2D eigenvalue weighted by molar-refractivity contribution is 5.79. The Morgan fingerprint density at radius 3 is 2.45 bits per heavy atom. The molecule has 122 valence electrons. The zero-order valence-corrected chi connectivity index (χ0v) is 13.1. The zero-order chi connectivity index (χ0) is 15.5. The van der Waals surface area contributed by atoms with Crippen LogP contribution in [-0.2, 0) is 9.53 Å². The molecule has 2 aliphatic rings. The van der Waals surface area contributed by atoms with Gasteiger partial charge in [-0.05, 0) is 32.1 Å². The van der Waals surface area contributed by atoms with Crippen LogP contribution < -0.4 is 5.73 Å². The number of aromatic nitrogens is 3. The van der Waals surface area contributed by atoms with Gasteiger partial charge in [0, 0.05) is 38.2 Å². The van der Waals surface area contributed by atoms with E-state index < -0.39 is 0 Å². The maximum atomic E-state index is 12.7. The number of nitrogens with two attached hydrogens (primary N) is 1. The zero-order valence-electron chi connectivity index (χ0n) is 13.1. The maximum Gasteiger partial charge on any atom is 0.225 e. The van der Waals surface area contributed by atoms with E-state index in [0.717, 1.165) is 45.2 Å². The van der Waals surface area contributed by atoms with Crippen molar-refractivity contribution in [2.24, 2.45) is 11.7 Å². The van der Waals surface area contributed by atoms with E-state index in [9.17, 15) is 4.79 Å². The van der Waals surface area contributed by atoms with Crippen molar-refractivity contribution in [3.63, 3.8) is 0 Å². The van der Waals surface area contributed by atoms with Gasteiger partial charge in [0.1, 0.15) is 12.7 Å². The number of hydrogen-bond acceptors (Lipinski definition) is 5. The van der Waals surface area contributed by atoms with Crippen molar-refractivity contribution in [3.8, 4) is 0 Å². The van der Waals surface area contributed by atoms with Crippen LogP contribution in [0.4, 0.5) is 0 Å². The molecule has 2 N–H and O–H groups in total. The summed E-state index contributed by atoms with van der Waals surface area (Å²) in [7, 11) is 1.70. The van der Waals surface area contributed by atoms with Gasteiger partial charge in [-0.25, -0.2) is 0 Å². The summed E-state index contributed by atoms with van der Waals surface area (Å²) in [5, 5.41) is 7.71. The van der Waals surface area contributed by atoms with E-state index in [1.54, 1.807) is 19.8 Å². The summed E-state index contributed by atoms with van der Waals surface area (Å²) in [4.78, 5) is 14.7. The van der Waals surface area contributed by atoms with Gasteiger partial charge in [-0.3, -0.25) is 4.79 Å². The first-order valence-electron chi connectivity index (χ1n) is 8.10. The van der Waals surface area contributed by atoms with E-state index in [4.69, 9.17) is 10.5 Å². The second-order valence-electron chi connectivity index (χ2n) is 6.41. The molecule has 0 aromatic carbocycles. The topological polar surface area (TPSA) is 86.3 Å². The van der Waals surface area contributed by atoms with Crippen molar-refractivity contribution in [1.29, 1.82) is 0 Å². The first-order chi connectivity index (χ1) is 10.7. The third-order valence-electron chi connectivity index (χ3n) is 5.12. The number of methoxy groups -OCH3 is 1. The Morgan fingerprint density at radius 2 is 1.86 bits per heavy atom. The Kier molecular flexibility index (Phi) is 4.73. The highest BCUT2D eigenvalue weighted by Crippen LogP contribution is 2.29. The SMILES string of the molecule is CO[C@@H]1CC[C@H](C(=O)N2CCC(n3cnnc3)CC2)C[C@H]1N. The molecule has 1 aliphatic carbocycles. The first-order valence-corrected chi connectivity index (χ1v) is 8.10. The van der Waals surface area contributed by atoms with Gasteiger partial charge in [0.2, 0.25) is 5.91 Å². The van der Waals surface area contributed by atoms with E-state index in [-0.39, 0.29) is 24.0 Å². The van der Waals surface area contributed by atoms with E-state index in [0.29, 0.717) is 6.04 Å². The van der Waals surface area contributed by atoms with Gasteiger partial charge >= 0.3 is 0 Å². The predicted molar refractivity (Wildman–Crippen MR) is 81.0 cm³/mol. The van der Waals surface area contributed by atoms with E-state index in [1.165, 1.54) is 0 Å². The second kappa shape index (κ2) is 6.75. The van der Waals surface area contributed by atoms with Crippen molar-refractivity contribution in [3.05, 3.63) is 12.7 Å². The number of nitrogens with zero attached hydrogens (tertiary/aromatic N) is 4. The van der Waals surface area contributed by atoms with Crippen molar-refractivity contribution in [1.82, 2.24) is 19.7 Å².